The van der Waals surface area contributed by atoms with Gasteiger partial charge in [-0.2, -0.15) is 0 Å². The monoisotopic (exact) mass is 374 g/mol. The quantitative estimate of drug-likeness (QED) is 0.856. The van der Waals surface area contributed by atoms with Gasteiger partial charge in [-0.25, -0.2) is 8.42 Å². The molecule has 1 saturated heterocycles. The zero-order valence-corrected chi connectivity index (χ0v) is 15.4. The predicted octanol–water partition coefficient (Wildman–Crippen LogP) is 1.70. The molecule has 26 heavy (non-hydrogen) atoms. The van der Waals surface area contributed by atoms with Crippen LogP contribution in [0.15, 0.2) is 47.8 Å². The van der Waals surface area contributed by atoms with Crippen molar-refractivity contribution in [1.29, 1.82) is 0 Å². The molecule has 3 rings (SSSR count). The maximum Gasteiger partial charge on any atom is 0.238 e. The van der Waals surface area contributed by atoms with Crippen LogP contribution in [0.25, 0.3) is 0 Å². The number of nitrogens with one attached hydrogen (secondary N) is 1. The number of aromatic nitrogens is 2. The first kappa shape index (κ1) is 18.5. The fraction of sp³-hybridized carbons (Fsp3) is 0.389. The van der Waals surface area contributed by atoms with E-state index in [-0.39, 0.29) is 10.8 Å². The van der Waals surface area contributed by atoms with Crippen molar-refractivity contribution in [2.45, 2.75) is 23.7 Å². The third kappa shape index (κ3) is 4.86. The summed E-state index contributed by atoms with van der Waals surface area (Å²) in [7, 11) is -3.23. The van der Waals surface area contributed by atoms with Gasteiger partial charge in [0.15, 0.2) is 9.84 Å². The predicted molar refractivity (Wildman–Crippen MR) is 98.6 cm³/mol. The number of anilines is 1. The maximum atomic E-state index is 12.2. The Kier molecular flexibility index (Phi) is 5.63. The van der Waals surface area contributed by atoms with Crippen LogP contribution in [0.4, 0.5) is 5.69 Å². The molecule has 8 heteroatoms. The Bertz CT molecular complexity index is 846. The molecule has 138 valence electrons. The van der Waals surface area contributed by atoms with Crippen molar-refractivity contribution in [2.24, 2.45) is 0 Å². The summed E-state index contributed by atoms with van der Waals surface area (Å²) in [5.74, 6) is 0.293. The van der Waals surface area contributed by atoms with Crippen LogP contribution in [0.5, 0.6) is 0 Å². The summed E-state index contributed by atoms with van der Waals surface area (Å²) in [5.41, 5.74) is 1.61. The second kappa shape index (κ2) is 7.92. The van der Waals surface area contributed by atoms with Crippen LogP contribution >= 0.6 is 0 Å². The second-order valence-corrected chi connectivity index (χ2v) is 8.54. The Morgan fingerprint density at radius 1 is 1.19 bits per heavy atom. The van der Waals surface area contributed by atoms with E-state index in [1.807, 2.05) is 6.20 Å². The summed E-state index contributed by atoms with van der Waals surface area (Å²) in [4.78, 5) is 23.1. The van der Waals surface area contributed by atoms with Crippen molar-refractivity contribution >= 4 is 21.4 Å². The molecule has 1 amide bonds. The van der Waals surface area contributed by atoms with Gasteiger partial charge >= 0.3 is 0 Å². The van der Waals surface area contributed by atoms with Gasteiger partial charge in [0.2, 0.25) is 5.91 Å². The molecule has 1 aliphatic rings. The summed E-state index contributed by atoms with van der Waals surface area (Å²) < 4.78 is 22.9. The van der Waals surface area contributed by atoms with Gasteiger partial charge in [0.25, 0.3) is 0 Å². The van der Waals surface area contributed by atoms with Crippen LogP contribution in [0, 0.1) is 0 Å². The molecule has 0 bridgehead atoms. The Hall–Kier alpha value is -2.32. The molecule has 1 aliphatic heterocycles. The van der Waals surface area contributed by atoms with Gasteiger partial charge in [-0.05, 0) is 50.2 Å². The maximum absolute atomic E-state index is 12.2. The molecule has 2 heterocycles. The number of sulfone groups is 1. The number of hydrogen-bond acceptors (Lipinski definition) is 6. The zero-order valence-electron chi connectivity index (χ0n) is 14.6. The summed E-state index contributed by atoms with van der Waals surface area (Å²) in [6.45, 7) is 1.99. The lowest BCUT2D eigenvalue weighted by atomic mass is 9.94. The van der Waals surface area contributed by atoms with Gasteiger partial charge < -0.3 is 5.32 Å². The van der Waals surface area contributed by atoms with E-state index in [1.165, 1.54) is 12.1 Å². The van der Waals surface area contributed by atoms with Crippen LogP contribution in [0.3, 0.4) is 0 Å². The highest BCUT2D eigenvalue weighted by molar-refractivity contribution is 7.90. The van der Waals surface area contributed by atoms with E-state index in [4.69, 9.17) is 0 Å². The van der Waals surface area contributed by atoms with Crippen molar-refractivity contribution in [1.82, 2.24) is 14.9 Å². The van der Waals surface area contributed by atoms with Crippen LogP contribution < -0.4 is 5.32 Å². The zero-order chi connectivity index (χ0) is 18.6. The molecule has 1 N–H and O–H groups in total. The fourth-order valence-corrected chi connectivity index (χ4v) is 3.73. The van der Waals surface area contributed by atoms with Gasteiger partial charge in [0, 0.05) is 36.5 Å². The van der Waals surface area contributed by atoms with Gasteiger partial charge in [-0.15, -0.1) is 0 Å². The molecule has 0 unspecified atom stereocenters. The lowest BCUT2D eigenvalue weighted by Gasteiger charge is -2.30. The number of benzene rings is 1. The Morgan fingerprint density at radius 3 is 2.46 bits per heavy atom. The number of nitrogens with zero attached hydrogens (tertiary/aromatic N) is 3. The molecule has 0 saturated carbocycles. The lowest BCUT2D eigenvalue weighted by molar-refractivity contribution is -0.117. The molecule has 0 spiro atoms. The highest BCUT2D eigenvalue weighted by atomic mass is 32.2. The van der Waals surface area contributed by atoms with E-state index >= 15 is 0 Å². The smallest absolute Gasteiger partial charge is 0.238 e. The Labute approximate surface area is 153 Å². The van der Waals surface area contributed by atoms with Gasteiger partial charge in [0.05, 0.1) is 17.1 Å². The third-order valence-electron chi connectivity index (χ3n) is 4.52. The van der Waals surface area contributed by atoms with Crippen LogP contribution in [0.2, 0.25) is 0 Å². The number of carbonyl (C=O) groups is 1. The molecule has 0 radical (unpaired) electrons. The number of piperidine rings is 1. The molecule has 7 nitrogen and oxygen atoms in total. The normalized spacial score (nSPS) is 16.3. The van der Waals surface area contributed by atoms with Gasteiger partial charge in [0.1, 0.15) is 0 Å². The number of likely N-dealkylation sites (tertiary alicyclic amines) is 1. The number of amides is 1. The third-order valence-corrected chi connectivity index (χ3v) is 5.65. The summed E-state index contributed by atoms with van der Waals surface area (Å²) >= 11 is 0. The molecule has 0 atom stereocenters. The first-order valence-corrected chi connectivity index (χ1v) is 10.4. The first-order chi connectivity index (χ1) is 12.4. The summed E-state index contributed by atoms with van der Waals surface area (Å²) in [6, 6.07) is 6.21. The van der Waals surface area contributed by atoms with Crippen molar-refractivity contribution in [3.8, 4) is 0 Å². The van der Waals surface area contributed by atoms with E-state index < -0.39 is 9.84 Å². The largest absolute Gasteiger partial charge is 0.325 e. The van der Waals surface area contributed by atoms with Crippen molar-refractivity contribution in [3.05, 3.63) is 48.5 Å². The summed E-state index contributed by atoms with van der Waals surface area (Å²) in [6.07, 6.45) is 8.26. The number of rotatable bonds is 5. The minimum Gasteiger partial charge on any atom is -0.325 e. The van der Waals surface area contributed by atoms with Crippen LogP contribution in [-0.2, 0) is 14.6 Å². The molecule has 0 aliphatic carbocycles. The number of hydrogen-bond donors (Lipinski definition) is 1. The molecular weight excluding hydrogens is 352 g/mol. The average molecular weight is 374 g/mol. The van der Waals surface area contributed by atoms with Crippen molar-refractivity contribution < 1.29 is 13.2 Å². The van der Waals surface area contributed by atoms with Crippen molar-refractivity contribution in [3.63, 3.8) is 0 Å². The van der Waals surface area contributed by atoms with E-state index in [0.717, 1.165) is 37.9 Å². The van der Waals surface area contributed by atoms with Crippen LogP contribution in [0.1, 0.15) is 24.5 Å². The molecule has 2 aromatic rings. The van der Waals surface area contributed by atoms with E-state index in [0.29, 0.717) is 18.2 Å². The summed E-state index contributed by atoms with van der Waals surface area (Å²) in [5, 5.41) is 2.81. The fourth-order valence-electron chi connectivity index (χ4n) is 3.10. The second-order valence-electron chi connectivity index (χ2n) is 6.53. The van der Waals surface area contributed by atoms with E-state index in [2.05, 4.69) is 20.2 Å². The van der Waals surface area contributed by atoms with Gasteiger partial charge in [-0.3, -0.25) is 19.7 Å². The minimum atomic E-state index is -3.23. The van der Waals surface area contributed by atoms with Crippen molar-refractivity contribution in [2.75, 3.05) is 31.2 Å². The topological polar surface area (TPSA) is 92.3 Å². The standard InChI is InChI=1S/C18H22N4O3S/c1-26(24,25)16-4-2-15(3-5-16)21-18(23)13-22-10-6-14(7-11-22)17-12-19-8-9-20-17/h2-5,8-9,12,14H,6-7,10-11,13H2,1H3,(H,21,23). The minimum absolute atomic E-state index is 0.102. The van der Waals surface area contributed by atoms with Crippen LogP contribution in [-0.4, -0.2) is 55.1 Å². The van der Waals surface area contributed by atoms with E-state index in [1.54, 1.807) is 24.5 Å². The molecule has 1 aromatic carbocycles. The molecule has 1 aromatic heterocycles. The highest BCUT2D eigenvalue weighted by Crippen LogP contribution is 2.25. The average Bonchev–Trinajstić information content (AvgIpc) is 2.63. The molecule has 1 fully saturated rings. The first-order valence-electron chi connectivity index (χ1n) is 8.50. The van der Waals surface area contributed by atoms with Gasteiger partial charge in [-0.1, -0.05) is 0 Å². The number of carbonyl (C=O) groups excluding carboxylic acids is 1. The Morgan fingerprint density at radius 2 is 1.88 bits per heavy atom. The lowest BCUT2D eigenvalue weighted by Crippen LogP contribution is -2.38. The van der Waals surface area contributed by atoms with E-state index in [9.17, 15) is 13.2 Å². The Balaban J connectivity index is 1.49. The highest BCUT2D eigenvalue weighted by Gasteiger charge is 2.23. The SMILES string of the molecule is CS(=O)(=O)c1ccc(NC(=O)CN2CCC(c3cnccn3)CC2)cc1. The molecular formula is C18H22N4O3S.